The third kappa shape index (κ3) is 2.95. The summed E-state index contributed by atoms with van der Waals surface area (Å²) in [5.41, 5.74) is 0.732. The fourth-order valence-corrected chi connectivity index (χ4v) is 2.98. The molecule has 1 unspecified atom stereocenters. The second kappa shape index (κ2) is 4.99. The monoisotopic (exact) mass is 225 g/mol. The molecule has 1 aromatic carbocycles. The molecule has 0 aromatic heterocycles. The van der Waals surface area contributed by atoms with Crippen molar-refractivity contribution in [3.63, 3.8) is 0 Å². The fraction of sp³-hybridized carbons (Fsp3) is 0.500. The molecule has 1 heterocycles. The molecular weight excluding hydrogens is 209 g/mol. The highest BCUT2D eigenvalue weighted by atomic mass is 32.2. The van der Waals surface area contributed by atoms with Crippen molar-refractivity contribution in [3.05, 3.63) is 29.6 Å². The van der Waals surface area contributed by atoms with Gasteiger partial charge in [-0.2, -0.15) is 0 Å². The number of piperidine rings is 1. The van der Waals surface area contributed by atoms with Gasteiger partial charge >= 0.3 is 0 Å². The van der Waals surface area contributed by atoms with E-state index in [2.05, 4.69) is 5.32 Å². The number of aryl methyl sites for hydroxylation is 1. The molecule has 0 amide bonds. The second-order valence-electron chi connectivity index (χ2n) is 3.97. The number of rotatable bonds is 2. The van der Waals surface area contributed by atoms with E-state index in [1.807, 2.05) is 30.8 Å². The third-order valence-electron chi connectivity index (χ3n) is 2.67. The molecule has 0 radical (unpaired) electrons. The van der Waals surface area contributed by atoms with E-state index in [-0.39, 0.29) is 5.82 Å². The van der Waals surface area contributed by atoms with Gasteiger partial charge in [0.2, 0.25) is 0 Å². The highest BCUT2D eigenvalue weighted by Gasteiger charge is 2.13. The summed E-state index contributed by atoms with van der Waals surface area (Å²) >= 11 is 1.81. The number of hydrogen-bond acceptors (Lipinski definition) is 2. The van der Waals surface area contributed by atoms with E-state index in [0.29, 0.717) is 5.37 Å². The van der Waals surface area contributed by atoms with Gasteiger partial charge in [-0.15, -0.1) is 11.8 Å². The quantitative estimate of drug-likeness (QED) is 0.828. The number of nitrogens with one attached hydrogen (secondary N) is 1. The summed E-state index contributed by atoms with van der Waals surface area (Å²) in [4.78, 5) is 1.16. The van der Waals surface area contributed by atoms with Crippen molar-refractivity contribution in [3.8, 4) is 0 Å². The van der Waals surface area contributed by atoms with Gasteiger partial charge in [-0.1, -0.05) is 0 Å². The Hall–Kier alpha value is -0.540. The van der Waals surface area contributed by atoms with Gasteiger partial charge in [0.25, 0.3) is 0 Å². The summed E-state index contributed by atoms with van der Waals surface area (Å²) in [6, 6.07) is 5.35. The Labute approximate surface area is 94.5 Å². The van der Waals surface area contributed by atoms with Crippen molar-refractivity contribution in [1.29, 1.82) is 0 Å². The first kappa shape index (κ1) is 11.0. The van der Waals surface area contributed by atoms with Crippen LogP contribution >= 0.6 is 11.8 Å². The Morgan fingerprint density at radius 3 is 2.93 bits per heavy atom. The molecule has 0 saturated carbocycles. The van der Waals surface area contributed by atoms with Crippen LogP contribution in [0.15, 0.2) is 23.1 Å². The van der Waals surface area contributed by atoms with E-state index in [1.54, 1.807) is 6.07 Å². The maximum absolute atomic E-state index is 13.1. The lowest BCUT2D eigenvalue weighted by molar-refractivity contribution is 0.491. The smallest absolute Gasteiger partial charge is 0.126 e. The van der Waals surface area contributed by atoms with Crippen molar-refractivity contribution in [2.24, 2.45) is 0 Å². The zero-order valence-electron chi connectivity index (χ0n) is 8.92. The largest absolute Gasteiger partial charge is 0.305 e. The SMILES string of the molecule is Cc1cc(SC2CCCCN2)ccc1F. The van der Waals surface area contributed by atoms with Crippen LogP contribution in [0.4, 0.5) is 4.39 Å². The molecule has 1 atom stereocenters. The zero-order valence-corrected chi connectivity index (χ0v) is 9.74. The Morgan fingerprint density at radius 2 is 2.27 bits per heavy atom. The lowest BCUT2D eigenvalue weighted by atomic mass is 10.2. The van der Waals surface area contributed by atoms with Gasteiger partial charge in [0.05, 0.1) is 5.37 Å². The Bertz CT molecular complexity index is 334. The number of thioether (sulfide) groups is 1. The maximum Gasteiger partial charge on any atom is 0.126 e. The van der Waals surface area contributed by atoms with E-state index in [4.69, 9.17) is 0 Å². The van der Waals surface area contributed by atoms with Crippen LogP contribution in [0.25, 0.3) is 0 Å². The van der Waals surface area contributed by atoms with Crippen LogP contribution in [0.2, 0.25) is 0 Å². The minimum Gasteiger partial charge on any atom is -0.305 e. The molecule has 15 heavy (non-hydrogen) atoms. The van der Waals surface area contributed by atoms with Crippen molar-refractivity contribution in [1.82, 2.24) is 5.32 Å². The molecule has 0 bridgehead atoms. The van der Waals surface area contributed by atoms with Gasteiger partial charge in [-0.3, -0.25) is 0 Å². The number of hydrogen-bond donors (Lipinski definition) is 1. The summed E-state index contributed by atoms with van der Waals surface area (Å²) in [5.74, 6) is -0.115. The summed E-state index contributed by atoms with van der Waals surface area (Å²) < 4.78 is 13.1. The molecule has 1 aromatic rings. The van der Waals surface area contributed by atoms with Crippen LogP contribution in [-0.4, -0.2) is 11.9 Å². The van der Waals surface area contributed by atoms with Crippen LogP contribution in [0.3, 0.4) is 0 Å². The second-order valence-corrected chi connectivity index (χ2v) is 5.24. The van der Waals surface area contributed by atoms with Crippen LogP contribution in [-0.2, 0) is 0 Å². The fourth-order valence-electron chi connectivity index (χ4n) is 1.78. The average molecular weight is 225 g/mol. The molecule has 1 aliphatic heterocycles. The van der Waals surface area contributed by atoms with Crippen LogP contribution in [0.1, 0.15) is 24.8 Å². The summed E-state index contributed by atoms with van der Waals surface area (Å²) in [6.07, 6.45) is 3.78. The predicted molar refractivity (Wildman–Crippen MR) is 62.6 cm³/mol. The van der Waals surface area contributed by atoms with Gasteiger partial charge in [-0.05, 0) is 56.5 Å². The van der Waals surface area contributed by atoms with Crippen LogP contribution < -0.4 is 5.32 Å². The molecule has 0 spiro atoms. The predicted octanol–water partition coefficient (Wildman–Crippen LogP) is 3.33. The average Bonchev–Trinajstić information content (AvgIpc) is 2.25. The normalized spacial score (nSPS) is 21.6. The molecule has 1 N–H and O–H groups in total. The minimum atomic E-state index is -0.115. The zero-order chi connectivity index (χ0) is 10.7. The number of benzene rings is 1. The highest BCUT2D eigenvalue weighted by molar-refractivity contribution is 7.99. The molecule has 2 rings (SSSR count). The third-order valence-corrected chi connectivity index (χ3v) is 3.89. The Kier molecular flexibility index (Phi) is 3.65. The van der Waals surface area contributed by atoms with Gasteiger partial charge in [0.1, 0.15) is 5.82 Å². The molecule has 1 aliphatic rings. The van der Waals surface area contributed by atoms with Gasteiger partial charge in [-0.25, -0.2) is 4.39 Å². The van der Waals surface area contributed by atoms with Crippen molar-refractivity contribution in [2.45, 2.75) is 36.5 Å². The first-order valence-electron chi connectivity index (χ1n) is 5.42. The van der Waals surface area contributed by atoms with Crippen LogP contribution in [0, 0.1) is 12.7 Å². The standard InChI is InChI=1S/C12H16FNS/c1-9-8-10(5-6-11(9)13)15-12-4-2-3-7-14-12/h5-6,8,12,14H,2-4,7H2,1H3. The summed E-state index contributed by atoms with van der Waals surface area (Å²) in [5, 5.41) is 3.97. The topological polar surface area (TPSA) is 12.0 Å². The maximum atomic E-state index is 13.1. The van der Waals surface area contributed by atoms with Gasteiger partial charge in [0, 0.05) is 4.90 Å². The molecule has 0 aliphatic carbocycles. The summed E-state index contributed by atoms with van der Waals surface area (Å²) in [6.45, 7) is 2.92. The van der Waals surface area contributed by atoms with Crippen LogP contribution in [0.5, 0.6) is 0 Å². The lowest BCUT2D eigenvalue weighted by Gasteiger charge is -2.22. The van der Waals surface area contributed by atoms with Crippen molar-refractivity contribution < 1.29 is 4.39 Å². The van der Waals surface area contributed by atoms with E-state index < -0.39 is 0 Å². The summed E-state index contributed by atoms with van der Waals surface area (Å²) in [7, 11) is 0. The molecular formula is C12H16FNS. The molecule has 1 nitrogen and oxygen atoms in total. The number of halogens is 1. The molecule has 1 saturated heterocycles. The molecule has 1 fully saturated rings. The molecule has 82 valence electrons. The van der Waals surface area contributed by atoms with Crippen molar-refractivity contribution in [2.75, 3.05) is 6.54 Å². The first-order chi connectivity index (χ1) is 7.25. The van der Waals surface area contributed by atoms with E-state index in [0.717, 1.165) is 17.0 Å². The van der Waals surface area contributed by atoms with E-state index >= 15 is 0 Å². The highest BCUT2D eigenvalue weighted by Crippen LogP contribution is 2.28. The van der Waals surface area contributed by atoms with Gasteiger partial charge in [0.15, 0.2) is 0 Å². The molecule has 3 heteroatoms. The Balaban J connectivity index is 2.00. The van der Waals surface area contributed by atoms with E-state index in [9.17, 15) is 4.39 Å². The Morgan fingerprint density at radius 1 is 1.40 bits per heavy atom. The van der Waals surface area contributed by atoms with Gasteiger partial charge < -0.3 is 5.32 Å². The first-order valence-corrected chi connectivity index (χ1v) is 6.30. The lowest BCUT2D eigenvalue weighted by Crippen LogP contribution is -2.30. The van der Waals surface area contributed by atoms with Crippen molar-refractivity contribution >= 4 is 11.8 Å². The van der Waals surface area contributed by atoms with E-state index in [1.165, 1.54) is 19.3 Å². The minimum absolute atomic E-state index is 0.115.